The van der Waals surface area contributed by atoms with Crippen LogP contribution in [-0.4, -0.2) is 91.7 Å². The fourth-order valence-corrected chi connectivity index (χ4v) is 4.91. The SMILES string of the molecule is CCCS(=O)(=O)N1CCN(CCNc2nc(N(C)C)nc3[nH]c(C)cc23)CC1. The molecule has 2 aromatic rings. The van der Waals surface area contributed by atoms with E-state index in [-0.39, 0.29) is 5.75 Å². The average molecular weight is 410 g/mol. The van der Waals surface area contributed by atoms with Crippen molar-refractivity contribution in [2.75, 3.05) is 69.3 Å². The number of aromatic amines is 1. The van der Waals surface area contributed by atoms with Crippen molar-refractivity contribution in [1.29, 1.82) is 0 Å². The molecule has 9 nitrogen and oxygen atoms in total. The zero-order valence-corrected chi connectivity index (χ0v) is 18.0. The molecule has 0 saturated carbocycles. The van der Waals surface area contributed by atoms with Crippen LogP contribution in [-0.2, 0) is 10.0 Å². The third-order valence-electron chi connectivity index (χ3n) is 4.92. The Labute approximate surface area is 167 Å². The van der Waals surface area contributed by atoms with E-state index in [0.717, 1.165) is 48.7 Å². The minimum atomic E-state index is -3.09. The number of aryl methyl sites for hydroxylation is 1. The number of nitrogens with zero attached hydrogens (tertiary/aromatic N) is 5. The lowest BCUT2D eigenvalue weighted by Crippen LogP contribution is -2.50. The Morgan fingerprint density at radius 3 is 2.57 bits per heavy atom. The highest BCUT2D eigenvalue weighted by atomic mass is 32.2. The lowest BCUT2D eigenvalue weighted by molar-refractivity contribution is 0.194. The summed E-state index contributed by atoms with van der Waals surface area (Å²) in [6.45, 7) is 8.15. The van der Waals surface area contributed by atoms with Crippen LogP contribution in [0.4, 0.5) is 11.8 Å². The fraction of sp³-hybridized carbons (Fsp3) is 0.667. The number of fused-ring (bicyclic) bond motifs is 1. The van der Waals surface area contributed by atoms with E-state index in [9.17, 15) is 8.42 Å². The van der Waals surface area contributed by atoms with E-state index in [1.165, 1.54) is 0 Å². The predicted molar refractivity (Wildman–Crippen MR) is 114 cm³/mol. The summed E-state index contributed by atoms with van der Waals surface area (Å²) >= 11 is 0. The Morgan fingerprint density at radius 2 is 1.93 bits per heavy atom. The molecule has 156 valence electrons. The number of H-pyrrole nitrogens is 1. The van der Waals surface area contributed by atoms with Gasteiger partial charge in [0.1, 0.15) is 11.5 Å². The standard InChI is InChI=1S/C18H31N7O2S/c1-5-12-28(26,27)25-10-8-24(9-11-25)7-6-19-16-15-13-14(2)20-17(15)22-18(21-16)23(3)4/h13H,5-12H2,1-4H3,(H2,19,20,21,22). The molecule has 0 spiro atoms. The molecule has 2 N–H and O–H groups in total. The maximum atomic E-state index is 12.2. The van der Waals surface area contributed by atoms with Crippen LogP contribution in [0.2, 0.25) is 0 Å². The van der Waals surface area contributed by atoms with Gasteiger partial charge in [0.2, 0.25) is 16.0 Å². The number of piperazine rings is 1. The highest BCUT2D eigenvalue weighted by Crippen LogP contribution is 2.23. The molecule has 3 heterocycles. The Hall–Kier alpha value is -1.91. The Bertz CT molecular complexity index is 902. The van der Waals surface area contributed by atoms with Gasteiger partial charge in [-0.25, -0.2) is 8.42 Å². The maximum absolute atomic E-state index is 12.2. The van der Waals surface area contributed by atoms with Crippen molar-refractivity contribution in [2.45, 2.75) is 20.3 Å². The molecule has 2 aromatic heterocycles. The number of hydrogen-bond donors (Lipinski definition) is 2. The summed E-state index contributed by atoms with van der Waals surface area (Å²) in [6, 6.07) is 2.05. The minimum absolute atomic E-state index is 0.239. The molecular weight excluding hydrogens is 378 g/mol. The van der Waals surface area contributed by atoms with Gasteiger partial charge >= 0.3 is 0 Å². The fourth-order valence-electron chi connectivity index (χ4n) is 3.41. The third kappa shape index (κ3) is 4.73. The van der Waals surface area contributed by atoms with Gasteiger partial charge in [0, 0.05) is 59.1 Å². The van der Waals surface area contributed by atoms with Crippen LogP contribution in [0.5, 0.6) is 0 Å². The van der Waals surface area contributed by atoms with Crippen molar-refractivity contribution in [3.8, 4) is 0 Å². The molecule has 0 unspecified atom stereocenters. The molecule has 10 heteroatoms. The quantitative estimate of drug-likeness (QED) is 0.674. The van der Waals surface area contributed by atoms with E-state index in [0.29, 0.717) is 25.5 Å². The summed E-state index contributed by atoms with van der Waals surface area (Å²) in [5.74, 6) is 1.72. The first-order valence-electron chi connectivity index (χ1n) is 9.79. The van der Waals surface area contributed by atoms with Gasteiger partial charge < -0.3 is 15.2 Å². The zero-order valence-electron chi connectivity index (χ0n) is 17.2. The molecule has 0 aliphatic carbocycles. The Morgan fingerprint density at radius 1 is 1.21 bits per heavy atom. The molecular formula is C18H31N7O2S. The second kappa shape index (κ2) is 8.62. The lowest BCUT2D eigenvalue weighted by Gasteiger charge is -2.34. The summed E-state index contributed by atoms with van der Waals surface area (Å²) in [6.07, 6.45) is 0.660. The van der Waals surface area contributed by atoms with E-state index < -0.39 is 10.0 Å². The lowest BCUT2D eigenvalue weighted by atomic mass is 10.3. The van der Waals surface area contributed by atoms with Gasteiger partial charge in [-0.3, -0.25) is 4.90 Å². The van der Waals surface area contributed by atoms with Gasteiger partial charge in [-0.2, -0.15) is 14.3 Å². The van der Waals surface area contributed by atoms with Crippen LogP contribution in [0, 0.1) is 6.92 Å². The van der Waals surface area contributed by atoms with Gasteiger partial charge in [0.05, 0.1) is 11.1 Å². The molecule has 1 fully saturated rings. The molecule has 0 bridgehead atoms. The van der Waals surface area contributed by atoms with E-state index >= 15 is 0 Å². The van der Waals surface area contributed by atoms with E-state index in [4.69, 9.17) is 0 Å². The molecule has 3 rings (SSSR count). The van der Waals surface area contributed by atoms with Crippen molar-refractivity contribution in [3.63, 3.8) is 0 Å². The third-order valence-corrected chi connectivity index (χ3v) is 6.99. The summed E-state index contributed by atoms with van der Waals surface area (Å²) in [5, 5.41) is 4.42. The summed E-state index contributed by atoms with van der Waals surface area (Å²) in [4.78, 5) is 16.6. The van der Waals surface area contributed by atoms with Crippen molar-refractivity contribution in [2.24, 2.45) is 0 Å². The molecule has 1 aliphatic rings. The molecule has 0 amide bonds. The van der Waals surface area contributed by atoms with Crippen molar-refractivity contribution < 1.29 is 8.42 Å². The number of anilines is 2. The van der Waals surface area contributed by atoms with Gasteiger partial charge in [-0.05, 0) is 19.4 Å². The molecule has 0 aromatic carbocycles. The van der Waals surface area contributed by atoms with Crippen LogP contribution in [0.25, 0.3) is 11.0 Å². The topological polar surface area (TPSA) is 97.5 Å². The van der Waals surface area contributed by atoms with Gasteiger partial charge in [0.15, 0.2) is 0 Å². The highest BCUT2D eigenvalue weighted by molar-refractivity contribution is 7.89. The zero-order chi connectivity index (χ0) is 20.3. The van der Waals surface area contributed by atoms with Gasteiger partial charge in [-0.15, -0.1) is 0 Å². The summed E-state index contributed by atoms with van der Waals surface area (Å²) in [5.41, 5.74) is 1.88. The monoisotopic (exact) mass is 409 g/mol. The van der Waals surface area contributed by atoms with Crippen molar-refractivity contribution in [3.05, 3.63) is 11.8 Å². The van der Waals surface area contributed by atoms with Crippen molar-refractivity contribution in [1.82, 2.24) is 24.2 Å². The smallest absolute Gasteiger partial charge is 0.228 e. The number of nitrogens with one attached hydrogen (secondary N) is 2. The van der Waals surface area contributed by atoms with Gasteiger partial charge in [0.25, 0.3) is 0 Å². The predicted octanol–water partition coefficient (Wildman–Crippen LogP) is 1.10. The molecule has 28 heavy (non-hydrogen) atoms. The number of aromatic nitrogens is 3. The van der Waals surface area contributed by atoms with E-state index in [1.54, 1.807) is 4.31 Å². The number of rotatable bonds is 8. The van der Waals surface area contributed by atoms with Crippen molar-refractivity contribution >= 4 is 32.8 Å². The first-order valence-corrected chi connectivity index (χ1v) is 11.4. The molecule has 0 radical (unpaired) electrons. The molecule has 0 atom stereocenters. The maximum Gasteiger partial charge on any atom is 0.228 e. The average Bonchev–Trinajstić information content (AvgIpc) is 3.02. The first-order chi connectivity index (χ1) is 13.3. The largest absolute Gasteiger partial charge is 0.368 e. The van der Waals surface area contributed by atoms with Gasteiger partial charge in [-0.1, -0.05) is 6.92 Å². The van der Waals surface area contributed by atoms with E-state index in [2.05, 4.69) is 31.2 Å². The van der Waals surface area contributed by atoms with Crippen LogP contribution >= 0.6 is 0 Å². The van der Waals surface area contributed by atoms with Crippen LogP contribution in [0.3, 0.4) is 0 Å². The normalized spacial score (nSPS) is 16.6. The first kappa shape index (κ1) is 20.8. The molecule has 1 aliphatic heterocycles. The number of sulfonamides is 1. The van der Waals surface area contributed by atoms with Crippen LogP contribution < -0.4 is 10.2 Å². The minimum Gasteiger partial charge on any atom is -0.368 e. The van der Waals surface area contributed by atoms with Crippen LogP contribution in [0.1, 0.15) is 19.0 Å². The Balaban J connectivity index is 1.57. The summed E-state index contributed by atoms with van der Waals surface area (Å²) < 4.78 is 26.0. The molecule has 1 saturated heterocycles. The van der Waals surface area contributed by atoms with Crippen LogP contribution in [0.15, 0.2) is 6.07 Å². The summed E-state index contributed by atoms with van der Waals surface area (Å²) in [7, 11) is 0.758. The Kier molecular flexibility index (Phi) is 6.41. The van der Waals surface area contributed by atoms with E-state index in [1.807, 2.05) is 32.8 Å². The number of hydrogen-bond acceptors (Lipinski definition) is 7. The highest BCUT2D eigenvalue weighted by Gasteiger charge is 2.25. The second-order valence-corrected chi connectivity index (χ2v) is 9.55. The second-order valence-electron chi connectivity index (χ2n) is 7.46.